The molecule has 160 valence electrons. The molecule has 1 fully saturated rings. The van der Waals surface area contributed by atoms with Crippen LogP contribution >= 0.6 is 0 Å². The van der Waals surface area contributed by atoms with E-state index >= 15 is 0 Å². The molecule has 5 rings (SSSR count). The number of benzene rings is 2. The highest BCUT2D eigenvalue weighted by atomic mass is 16.5. The lowest BCUT2D eigenvalue weighted by atomic mass is 9.76. The van der Waals surface area contributed by atoms with E-state index in [1.165, 1.54) is 12.8 Å². The van der Waals surface area contributed by atoms with Crippen molar-refractivity contribution in [1.82, 2.24) is 0 Å². The Hall–Kier alpha value is -3.08. The molecule has 1 saturated carbocycles. The Labute approximate surface area is 183 Å². The van der Waals surface area contributed by atoms with Crippen molar-refractivity contribution in [2.45, 2.75) is 44.6 Å². The average Bonchev–Trinajstić information content (AvgIpc) is 3.33. The third-order valence-corrected chi connectivity index (χ3v) is 6.57. The number of hydrogen-bond donors (Lipinski definition) is 0. The van der Waals surface area contributed by atoms with Crippen LogP contribution in [0.15, 0.2) is 65.8 Å². The summed E-state index contributed by atoms with van der Waals surface area (Å²) in [5.41, 5.74) is 2.73. The molecule has 2 aromatic rings. The molecule has 1 heterocycles. The molecule has 0 aromatic heterocycles. The van der Waals surface area contributed by atoms with Gasteiger partial charge in [0.25, 0.3) is 5.91 Å². The van der Waals surface area contributed by atoms with Crippen LogP contribution in [0.25, 0.3) is 0 Å². The fourth-order valence-electron chi connectivity index (χ4n) is 4.92. The van der Waals surface area contributed by atoms with E-state index in [0.717, 1.165) is 54.1 Å². The van der Waals surface area contributed by atoms with Crippen LogP contribution in [0.2, 0.25) is 0 Å². The maximum absolute atomic E-state index is 13.3. The van der Waals surface area contributed by atoms with Crippen LogP contribution in [0.4, 0.5) is 5.69 Å². The van der Waals surface area contributed by atoms with Crippen molar-refractivity contribution < 1.29 is 14.3 Å². The Morgan fingerprint density at radius 2 is 1.68 bits per heavy atom. The number of fused-ring (bicyclic) bond motifs is 1. The molecule has 0 unspecified atom stereocenters. The zero-order valence-corrected chi connectivity index (χ0v) is 17.9. The van der Waals surface area contributed by atoms with Crippen LogP contribution in [-0.4, -0.2) is 24.8 Å². The van der Waals surface area contributed by atoms with Gasteiger partial charge in [0.05, 0.1) is 30.5 Å². The second kappa shape index (κ2) is 8.58. The summed E-state index contributed by atoms with van der Waals surface area (Å²) < 4.78 is 11.9. The molecule has 0 spiro atoms. The Balaban J connectivity index is 1.56. The maximum Gasteiger partial charge on any atom is 0.251 e. The van der Waals surface area contributed by atoms with E-state index in [1.807, 2.05) is 48.5 Å². The van der Waals surface area contributed by atoms with Gasteiger partial charge in [-0.1, -0.05) is 30.4 Å². The van der Waals surface area contributed by atoms with Crippen molar-refractivity contribution in [3.63, 3.8) is 0 Å². The second-order valence-corrected chi connectivity index (χ2v) is 8.52. The van der Waals surface area contributed by atoms with E-state index < -0.39 is 0 Å². The van der Waals surface area contributed by atoms with Crippen molar-refractivity contribution in [1.29, 1.82) is 0 Å². The first-order chi connectivity index (χ1) is 15.2. The molecule has 2 aromatic carbocycles. The largest absolute Gasteiger partial charge is 0.493 e. The summed E-state index contributed by atoms with van der Waals surface area (Å²) in [5.74, 6) is 1.55. The molecule has 0 radical (unpaired) electrons. The number of nitrogens with zero attached hydrogens (tertiary/aromatic N) is 2. The molecule has 5 heteroatoms. The van der Waals surface area contributed by atoms with Crippen molar-refractivity contribution in [2.24, 2.45) is 16.9 Å². The highest BCUT2D eigenvalue weighted by molar-refractivity contribution is 6.11. The van der Waals surface area contributed by atoms with Gasteiger partial charge in [-0.05, 0) is 68.9 Å². The van der Waals surface area contributed by atoms with Gasteiger partial charge < -0.3 is 9.47 Å². The lowest BCUT2D eigenvalue weighted by Gasteiger charge is -2.37. The van der Waals surface area contributed by atoms with Crippen LogP contribution in [0, 0.1) is 11.8 Å². The number of ether oxygens (including phenoxy) is 2. The third-order valence-electron chi connectivity index (χ3n) is 6.57. The van der Waals surface area contributed by atoms with Gasteiger partial charge in [-0.15, -0.1) is 0 Å². The summed E-state index contributed by atoms with van der Waals surface area (Å²) in [7, 11) is 1.67. The lowest BCUT2D eigenvalue weighted by Crippen LogP contribution is -2.45. The zero-order valence-electron chi connectivity index (χ0n) is 17.9. The van der Waals surface area contributed by atoms with E-state index in [4.69, 9.17) is 14.6 Å². The molecule has 2 atom stereocenters. The van der Waals surface area contributed by atoms with Gasteiger partial charge in [0.2, 0.25) is 0 Å². The highest BCUT2D eigenvalue weighted by Crippen LogP contribution is 2.39. The van der Waals surface area contributed by atoms with E-state index in [-0.39, 0.29) is 23.8 Å². The van der Waals surface area contributed by atoms with Gasteiger partial charge >= 0.3 is 0 Å². The number of methoxy groups -OCH3 is 1. The van der Waals surface area contributed by atoms with E-state index in [9.17, 15) is 4.79 Å². The average molecular weight is 417 g/mol. The Bertz CT molecular complexity index is 1010. The number of hydrogen-bond acceptors (Lipinski definition) is 4. The lowest BCUT2D eigenvalue weighted by molar-refractivity contribution is -0.123. The molecule has 0 saturated heterocycles. The van der Waals surface area contributed by atoms with E-state index in [1.54, 1.807) is 12.1 Å². The molecule has 0 N–H and O–H groups in total. The molecule has 1 aliphatic heterocycles. The van der Waals surface area contributed by atoms with Crippen LogP contribution in [0.1, 0.15) is 44.1 Å². The minimum absolute atomic E-state index is 0.0697. The van der Waals surface area contributed by atoms with Gasteiger partial charge in [0.15, 0.2) is 11.5 Å². The van der Waals surface area contributed by atoms with Crippen molar-refractivity contribution in [3.8, 4) is 11.5 Å². The smallest absolute Gasteiger partial charge is 0.251 e. The number of carbonyl (C=O) groups is 1. The van der Waals surface area contributed by atoms with Crippen LogP contribution < -0.4 is 14.5 Å². The molecule has 5 nitrogen and oxygen atoms in total. The van der Waals surface area contributed by atoms with Crippen LogP contribution in [0.5, 0.6) is 11.5 Å². The topological polar surface area (TPSA) is 51.1 Å². The first-order valence-corrected chi connectivity index (χ1v) is 11.2. The number of hydrazone groups is 1. The quantitative estimate of drug-likeness (QED) is 0.618. The third kappa shape index (κ3) is 3.85. The maximum atomic E-state index is 13.3. The van der Waals surface area contributed by atoms with Gasteiger partial charge in [-0.2, -0.15) is 5.10 Å². The summed E-state index contributed by atoms with van der Waals surface area (Å²) in [6.45, 7) is 0. The van der Waals surface area contributed by atoms with Gasteiger partial charge in [0, 0.05) is 11.5 Å². The Morgan fingerprint density at radius 1 is 0.935 bits per heavy atom. The van der Waals surface area contributed by atoms with Crippen molar-refractivity contribution in [2.75, 3.05) is 12.1 Å². The fraction of sp³-hybridized carbons (Fsp3) is 0.385. The second-order valence-electron chi connectivity index (χ2n) is 8.52. The summed E-state index contributed by atoms with van der Waals surface area (Å²) in [6, 6.07) is 15.7. The molecule has 1 amide bonds. The summed E-state index contributed by atoms with van der Waals surface area (Å²) in [4.78, 5) is 13.3. The van der Waals surface area contributed by atoms with Crippen LogP contribution in [0.3, 0.4) is 0 Å². The minimum atomic E-state index is -0.0981. The first kappa shape index (κ1) is 19.9. The van der Waals surface area contributed by atoms with Gasteiger partial charge in [-0.25, -0.2) is 5.01 Å². The number of carbonyl (C=O) groups excluding carboxylic acids is 1. The number of allylic oxidation sites excluding steroid dienone is 2. The SMILES string of the molecule is COc1ccc(C2=NN(c3ccccc3)C(=O)[C@H]3CC=CC[C@@H]23)cc1OC1CCCC1. The van der Waals surface area contributed by atoms with Crippen molar-refractivity contribution in [3.05, 3.63) is 66.2 Å². The van der Waals surface area contributed by atoms with Crippen molar-refractivity contribution >= 4 is 17.3 Å². The normalized spacial score (nSPS) is 23.5. The molecule has 0 bridgehead atoms. The molecule has 3 aliphatic rings. The molecule has 2 aliphatic carbocycles. The predicted molar refractivity (Wildman–Crippen MR) is 122 cm³/mol. The molecular formula is C26H28N2O3. The monoisotopic (exact) mass is 416 g/mol. The number of rotatable bonds is 5. The van der Waals surface area contributed by atoms with E-state index in [0.29, 0.717) is 0 Å². The number of amides is 1. The zero-order chi connectivity index (χ0) is 21.2. The minimum Gasteiger partial charge on any atom is -0.493 e. The van der Waals surface area contributed by atoms with Gasteiger partial charge in [0.1, 0.15) is 0 Å². The van der Waals surface area contributed by atoms with E-state index in [2.05, 4.69) is 12.2 Å². The Morgan fingerprint density at radius 3 is 2.42 bits per heavy atom. The highest BCUT2D eigenvalue weighted by Gasteiger charge is 2.40. The first-order valence-electron chi connectivity index (χ1n) is 11.2. The van der Waals surface area contributed by atoms with Gasteiger partial charge in [-0.3, -0.25) is 4.79 Å². The fourth-order valence-corrected chi connectivity index (χ4v) is 4.92. The standard InChI is InChI=1S/C26H28N2O3/c1-30-23-16-15-18(17-24(23)31-20-11-5-6-12-20)25-21-13-7-8-14-22(21)26(29)28(27-25)19-9-3-2-4-10-19/h2-4,7-10,15-17,20-22H,5-6,11-14H2,1H3/t21-,22+/m1/s1. The molecule has 31 heavy (non-hydrogen) atoms. The number of anilines is 1. The summed E-state index contributed by atoms with van der Waals surface area (Å²) >= 11 is 0. The molecular weight excluding hydrogens is 388 g/mol. The van der Waals surface area contributed by atoms with Crippen LogP contribution in [-0.2, 0) is 4.79 Å². The predicted octanol–water partition coefficient (Wildman–Crippen LogP) is 5.35. The number of para-hydroxylation sites is 1. The Kier molecular flexibility index (Phi) is 5.49. The summed E-state index contributed by atoms with van der Waals surface area (Å²) in [6.07, 6.45) is 10.7. The summed E-state index contributed by atoms with van der Waals surface area (Å²) in [5, 5.41) is 6.47.